The monoisotopic (exact) mass is 290 g/mol. The number of aromatic nitrogens is 2. The standard InChI is InChI=1S/C13H21F3N4/c1-5-6-10-19-11(17-4)9(3)12(20-10)18-8(2)7-13(14,15)16/h8H,5-7H2,1-4H3,(H2,17,18,19,20). The Bertz CT molecular complexity index is 446. The van der Waals surface area contributed by atoms with E-state index in [2.05, 4.69) is 20.6 Å². The molecule has 4 nitrogen and oxygen atoms in total. The van der Waals surface area contributed by atoms with Gasteiger partial charge in [0.05, 0.1) is 6.42 Å². The highest BCUT2D eigenvalue weighted by molar-refractivity contribution is 5.57. The van der Waals surface area contributed by atoms with Crippen molar-refractivity contribution in [2.45, 2.75) is 52.3 Å². The lowest BCUT2D eigenvalue weighted by atomic mass is 10.2. The van der Waals surface area contributed by atoms with Crippen molar-refractivity contribution in [2.75, 3.05) is 17.7 Å². The SMILES string of the molecule is CCCc1nc(NC)c(C)c(NC(C)CC(F)(F)F)n1. The summed E-state index contributed by atoms with van der Waals surface area (Å²) in [5.41, 5.74) is 0.723. The van der Waals surface area contributed by atoms with Crippen molar-refractivity contribution in [1.82, 2.24) is 9.97 Å². The molecule has 0 aliphatic rings. The van der Waals surface area contributed by atoms with Crippen LogP contribution in [-0.4, -0.2) is 29.2 Å². The Morgan fingerprint density at radius 3 is 2.30 bits per heavy atom. The van der Waals surface area contributed by atoms with Gasteiger partial charge in [-0.2, -0.15) is 13.2 Å². The van der Waals surface area contributed by atoms with Crippen molar-refractivity contribution in [3.05, 3.63) is 11.4 Å². The van der Waals surface area contributed by atoms with Crippen LogP contribution in [0.1, 0.15) is 38.1 Å². The minimum absolute atomic E-state index is 0.463. The van der Waals surface area contributed by atoms with Crippen LogP contribution in [0.15, 0.2) is 0 Å². The third-order valence-corrected chi connectivity index (χ3v) is 2.82. The van der Waals surface area contributed by atoms with Gasteiger partial charge in [-0.05, 0) is 20.3 Å². The summed E-state index contributed by atoms with van der Waals surface area (Å²) < 4.78 is 37.1. The van der Waals surface area contributed by atoms with E-state index in [-0.39, 0.29) is 0 Å². The summed E-state index contributed by atoms with van der Waals surface area (Å²) >= 11 is 0. The molecule has 1 heterocycles. The Morgan fingerprint density at radius 1 is 1.20 bits per heavy atom. The summed E-state index contributed by atoms with van der Waals surface area (Å²) in [5, 5.41) is 5.77. The van der Waals surface area contributed by atoms with Crippen molar-refractivity contribution in [3.8, 4) is 0 Å². The van der Waals surface area contributed by atoms with Crippen LogP contribution in [0.5, 0.6) is 0 Å². The quantitative estimate of drug-likeness (QED) is 0.841. The molecule has 0 fully saturated rings. The van der Waals surface area contributed by atoms with E-state index in [0.717, 1.165) is 12.0 Å². The van der Waals surface area contributed by atoms with Gasteiger partial charge >= 0.3 is 6.18 Å². The van der Waals surface area contributed by atoms with E-state index in [4.69, 9.17) is 0 Å². The number of rotatable bonds is 6. The molecule has 1 rings (SSSR count). The lowest BCUT2D eigenvalue weighted by Crippen LogP contribution is -2.25. The lowest BCUT2D eigenvalue weighted by molar-refractivity contribution is -0.136. The van der Waals surface area contributed by atoms with Gasteiger partial charge in [0.2, 0.25) is 0 Å². The molecule has 7 heteroatoms. The molecule has 0 spiro atoms. The van der Waals surface area contributed by atoms with Crippen LogP contribution in [0.25, 0.3) is 0 Å². The average Bonchev–Trinajstić information content (AvgIpc) is 2.31. The topological polar surface area (TPSA) is 49.8 Å². The number of alkyl halides is 3. The van der Waals surface area contributed by atoms with Gasteiger partial charge in [0.1, 0.15) is 17.5 Å². The van der Waals surface area contributed by atoms with Gasteiger partial charge in [-0.25, -0.2) is 9.97 Å². The minimum Gasteiger partial charge on any atom is -0.373 e. The molecule has 114 valence electrons. The van der Waals surface area contributed by atoms with Gasteiger partial charge in [0.15, 0.2) is 0 Å². The van der Waals surface area contributed by atoms with E-state index >= 15 is 0 Å². The van der Waals surface area contributed by atoms with Gasteiger partial charge in [0.25, 0.3) is 0 Å². The molecular formula is C13H21F3N4. The first kappa shape index (κ1) is 16.5. The van der Waals surface area contributed by atoms with Crippen molar-refractivity contribution in [2.24, 2.45) is 0 Å². The molecule has 1 atom stereocenters. The number of hydrogen-bond acceptors (Lipinski definition) is 4. The molecule has 1 aromatic heterocycles. The first-order valence-corrected chi connectivity index (χ1v) is 6.65. The summed E-state index contributed by atoms with van der Waals surface area (Å²) in [4.78, 5) is 8.65. The van der Waals surface area contributed by atoms with Crippen LogP contribution < -0.4 is 10.6 Å². The molecule has 1 aromatic rings. The van der Waals surface area contributed by atoms with E-state index in [9.17, 15) is 13.2 Å². The predicted molar refractivity (Wildman–Crippen MR) is 74.1 cm³/mol. The Labute approximate surface area is 117 Å². The normalized spacial score (nSPS) is 13.2. The largest absolute Gasteiger partial charge is 0.391 e. The van der Waals surface area contributed by atoms with E-state index in [1.807, 2.05) is 6.92 Å². The molecule has 0 aliphatic carbocycles. The number of hydrogen-bond donors (Lipinski definition) is 2. The Kier molecular flexibility index (Phi) is 5.59. The molecule has 0 bridgehead atoms. The first-order valence-electron chi connectivity index (χ1n) is 6.65. The van der Waals surface area contributed by atoms with E-state index in [1.54, 1.807) is 14.0 Å². The molecule has 0 saturated heterocycles. The molecule has 1 unspecified atom stereocenters. The molecular weight excluding hydrogens is 269 g/mol. The second kappa shape index (κ2) is 6.76. The maximum absolute atomic E-state index is 12.4. The van der Waals surface area contributed by atoms with Crippen LogP contribution in [0.3, 0.4) is 0 Å². The predicted octanol–water partition coefficient (Wildman–Crippen LogP) is 3.53. The third kappa shape index (κ3) is 4.86. The number of anilines is 2. The number of halogens is 3. The number of nitrogens with one attached hydrogen (secondary N) is 2. The zero-order chi connectivity index (χ0) is 15.3. The van der Waals surface area contributed by atoms with Crippen LogP contribution >= 0.6 is 0 Å². The molecule has 0 radical (unpaired) electrons. The van der Waals surface area contributed by atoms with Gasteiger partial charge in [-0.1, -0.05) is 6.92 Å². The minimum atomic E-state index is -4.19. The smallest absolute Gasteiger partial charge is 0.373 e. The zero-order valence-corrected chi connectivity index (χ0v) is 12.2. The van der Waals surface area contributed by atoms with E-state index in [1.165, 1.54) is 6.92 Å². The summed E-state index contributed by atoms with van der Waals surface area (Å²) in [6.45, 7) is 5.28. The molecule has 0 aromatic carbocycles. The summed E-state index contributed by atoms with van der Waals surface area (Å²) in [5.74, 6) is 1.74. The molecule has 2 N–H and O–H groups in total. The molecule has 0 saturated carbocycles. The Balaban J connectivity index is 2.95. The Hall–Kier alpha value is -1.53. The van der Waals surface area contributed by atoms with Crippen LogP contribution in [0.4, 0.5) is 24.8 Å². The maximum Gasteiger partial charge on any atom is 0.391 e. The van der Waals surface area contributed by atoms with Crippen molar-refractivity contribution in [3.63, 3.8) is 0 Å². The van der Waals surface area contributed by atoms with Crippen molar-refractivity contribution < 1.29 is 13.2 Å². The number of aryl methyl sites for hydroxylation is 1. The summed E-state index contributed by atoms with van der Waals surface area (Å²) in [6, 6.07) is -0.734. The summed E-state index contributed by atoms with van der Waals surface area (Å²) in [6.07, 6.45) is -3.51. The zero-order valence-electron chi connectivity index (χ0n) is 12.2. The highest BCUT2D eigenvalue weighted by atomic mass is 19.4. The fourth-order valence-electron chi connectivity index (χ4n) is 1.91. The van der Waals surface area contributed by atoms with E-state index < -0.39 is 18.6 Å². The fourth-order valence-corrected chi connectivity index (χ4v) is 1.91. The van der Waals surface area contributed by atoms with Crippen molar-refractivity contribution >= 4 is 11.6 Å². The fraction of sp³-hybridized carbons (Fsp3) is 0.692. The van der Waals surface area contributed by atoms with Crippen molar-refractivity contribution in [1.29, 1.82) is 0 Å². The average molecular weight is 290 g/mol. The molecule has 0 amide bonds. The van der Waals surface area contributed by atoms with Gasteiger partial charge in [-0.3, -0.25) is 0 Å². The van der Waals surface area contributed by atoms with E-state index in [0.29, 0.717) is 23.9 Å². The maximum atomic E-state index is 12.4. The third-order valence-electron chi connectivity index (χ3n) is 2.82. The second-order valence-corrected chi connectivity index (χ2v) is 4.83. The molecule has 20 heavy (non-hydrogen) atoms. The molecule has 0 aliphatic heterocycles. The van der Waals surface area contributed by atoms with Crippen LogP contribution in [-0.2, 0) is 6.42 Å². The highest BCUT2D eigenvalue weighted by Crippen LogP contribution is 2.25. The van der Waals surface area contributed by atoms with Gasteiger partial charge < -0.3 is 10.6 Å². The second-order valence-electron chi connectivity index (χ2n) is 4.83. The first-order chi connectivity index (χ1) is 9.26. The lowest BCUT2D eigenvalue weighted by Gasteiger charge is -2.19. The Morgan fingerprint density at radius 2 is 1.80 bits per heavy atom. The van der Waals surface area contributed by atoms with Gasteiger partial charge in [0, 0.05) is 25.1 Å². The van der Waals surface area contributed by atoms with Crippen LogP contribution in [0, 0.1) is 6.92 Å². The van der Waals surface area contributed by atoms with Crippen LogP contribution in [0.2, 0.25) is 0 Å². The highest BCUT2D eigenvalue weighted by Gasteiger charge is 2.30. The summed E-state index contributed by atoms with van der Waals surface area (Å²) in [7, 11) is 1.73. The van der Waals surface area contributed by atoms with Gasteiger partial charge in [-0.15, -0.1) is 0 Å². The number of nitrogens with zero attached hydrogens (tertiary/aromatic N) is 2.